The predicted molar refractivity (Wildman–Crippen MR) is 104 cm³/mol. The van der Waals surface area contributed by atoms with Gasteiger partial charge in [-0.05, 0) is 24.3 Å². The van der Waals surface area contributed by atoms with Crippen LogP contribution < -0.4 is 20.3 Å². The van der Waals surface area contributed by atoms with Crippen LogP contribution in [0.5, 0.6) is 5.75 Å². The summed E-state index contributed by atoms with van der Waals surface area (Å²) in [6.07, 6.45) is -0.282. The minimum absolute atomic E-state index is 0.282. The van der Waals surface area contributed by atoms with Crippen LogP contribution in [-0.4, -0.2) is 45.2 Å². The van der Waals surface area contributed by atoms with Gasteiger partial charge in [-0.3, -0.25) is 9.59 Å². The number of morpholine rings is 1. The lowest BCUT2D eigenvalue weighted by Crippen LogP contribution is -2.36. The van der Waals surface area contributed by atoms with Crippen molar-refractivity contribution in [2.45, 2.75) is 6.42 Å². The summed E-state index contributed by atoms with van der Waals surface area (Å²) < 4.78 is 10.6. The zero-order valence-electron chi connectivity index (χ0n) is 15.2. The lowest BCUT2D eigenvalue weighted by Gasteiger charge is -2.30. The van der Waals surface area contributed by atoms with E-state index in [-0.39, 0.29) is 12.3 Å². The van der Waals surface area contributed by atoms with Gasteiger partial charge in [0.2, 0.25) is 11.8 Å². The van der Waals surface area contributed by atoms with E-state index in [1.807, 2.05) is 30.3 Å². The summed E-state index contributed by atoms with van der Waals surface area (Å²) in [5.41, 5.74) is 2.15. The molecule has 0 bridgehead atoms. The molecule has 0 atom stereocenters. The molecule has 1 saturated heterocycles. The highest BCUT2D eigenvalue weighted by Crippen LogP contribution is 2.27. The lowest BCUT2D eigenvalue weighted by molar-refractivity contribution is -0.123. The van der Waals surface area contributed by atoms with Crippen LogP contribution in [0.4, 0.5) is 17.1 Å². The van der Waals surface area contributed by atoms with Gasteiger partial charge in [0.1, 0.15) is 12.2 Å². The molecule has 0 saturated carbocycles. The molecule has 0 unspecified atom stereocenters. The average molecular weight is 369 g/mol. The number of hydrogen-bond donors (Lipinski definition) is 2. The van der Waals surface area contributed by atoms with Crippen molar-refractivity contribution in [2.75, 3.05) is 48.9 Å². The molecule has 0 aliphatic carbocycles. The van der Waals surface area contributed by atoms with E-state index in [9.17, 15) is 9.59 Å². The molecule has 3 rings (SSSR count). The van der Waals surface area contributed by atoms with Gasteiger partial charge < -0.3 is 25.0 Å². The quantitative estimate of drug-likeness (QED) is 0.765. The van der Waals surface area contributed by atoms with Gasteiger partial charge >= 0.3 is 0 Å². The Hall–Kier alpha value is -3.06. The molecule has 0 radical (unpaired) electrons. The number of hydrogen-bond acceptors (Lipinski definition) is 5. The SMILES string of the molecule is COc1ccccc1NC(=O)CC(=O)Nc1ccccc1N1CCOCC1. The number of carbonyl (C=O) groups excluding carboxylic acids is 2. The van der Waals surface area contributed by atoms with Crippen LogP contribution in [0, 0.1) is 0 Å². The Balaban J connectivity index is 1.61. The Morgan fingerprint density at radius 2 is 1.56 bits per heavy atom. The Morgan fingerprint density at radius 3 is 2.26 bits per heavy atom. The predicted octanol–water partition coefficient (Wildman–Crippen LogP) is 2.50. The number of anilines is 3. The number of benzene rings is 2. The smallest absolute Gasteiger partial charge is 0.233 e. The summed E-state index contributed by atoms with van der Waals surface area (Å²) in [6.45, 7) is 2.84. The van der Waals surface area contributed by atoms with Gasteiger partial charge in [-0.15, -0.1) is 0 Å². The van der Waals surface area contributed by atoms with Gasteiger partial charge in [0.25, 0.3) is 0 Å². The average Bonchev–Trinajstić information content (AvgIpc) is 2.69. The molecule has 142 valence electrons. The van der Waals surface area contributed by atoms with Crippen LogP contribution in [-0.2, 0) is 14.3 Å². The first kappa shape index (κ1) is 18.7. The lowest BCUT2D eigenvalue weighted by atomic mass is 10.2. The third kappa shape index (κ3) is 4.98. The molecular weight excluding hydrogens is 346 g/mol. The van der Waals surface area contributed by atoms with Crippen molar-refractivity contribution in [1.82, 2.24) is 0 Å². The molecule has 1 aliphatic rings. The number of amides is 2. The normalized spacial score (nSPS) is 13.7. The van der Waals surface area contributed by atoms with E-state index in [4.69, 9.17) is 9.47 Å². The highest BCUT2D eigenvalue weighted by molar-refractivity contribution is 6.09. The standard InChI is InChI=1S/C20H23N3O4/c1-26-18-9-5-3-7-16(18)22-20(25)14-19(24)21-15-6-2-4-8-17(15)23-10-12-27-13-11-23/h2-9H,10-14H2,1H3,(H,21,24)(H,22,25). The fourth-order valence-electron chi connectivity index (χ4n) is 2.94. The number of nitrogens with one attached hydrogen (secondary N) is 2. The van der Waals surface area contributed by atoms with E-state index in [0.29, 0.717) is 30.3 Å². The minimum Gasteiger partial charge on any atom is -0.495 e. The first-order chi connectivity index (χ1) is 13.2. The van der Waals surface area contributed by atoms with Crippen LogP contribution in [0.2, 0.25) is 0 Å². The van der Waals surface area contributed by atoms with Crippen molar-refractivity contribution < 1.29 is 19.1 Å². The maximum Gasteiger partial charge on any atom is 0.233 e. The third-order valence-electron chi connectivity index (χ3n) is 4.23. The Bertz CT molecular complexity index is 803. The minimum atomic E-state index is -0.402. The summed E-state index contributed by atoms with van der Waals surface area (Å²) >= 11 is 0. The number of nitrogens with zero attached hydrogens (tertiary/aromatic N) is 1. The third-order valence-corrected chi connectivity index (χ3v) is 4.23. The van der Waals surface area contributed by atoms with E-state index in [0.717, 1.165) is 18.8 Å². The molecule has 2 N–H and O–H groups in total. The largest absolute Gasteiger partial charge is 0.495 e. The monoisotopic (exact) mass is 369 g/mol. The maximum atomic E-state index is 12.4. The summed E-state index contributed by atoms with van der Waals surface area (Å²) in [7, 11) is 1.53. The number of rotatable bonds is 6. The van der Waals surface area contributed by atoms with E-state index in [2.05, 4.69) is 15.5 Å². The topological polar surface area (TPSA) is 79.9 Å². The van der Waals surface area contributed by atoms with Crippen LogP contribution in [0.3, 0.4) is 0 Å². The second-order valence-electron chi connectivity index (χ2n) is 6.09. The van der Waals surface area contributed by atoms with Crippen LogP contribution >= 0.6 is 0 Å². The van der Waals surface area contributed by atoms with Crippen LogP contribution in [0.15, 0.2) is 48.5 Å². The number of ether oxygens (including phenoxy) is 2. The molecule has 0 spiro atoms. The van der Waals surface area contributed by atoms with E-state index in [1.165, 1.54) is 7.11 Å². The molecule has 7 heteroatoms. The Morgan fingerprint density at radius 1 is 0.963 bits per heavy atom. The number of methoxy groups -OCH3 is 1. The fourth-order valence-corrected chi connectivity index (χ4v) is 2.94. The fraction of sp³-hybridized carbons (Fsp3) is 0.300. The van der Waals surface area contributed by atoms with Crippen molar-refractivity contribution >= 4 is 28.9 Å². The molecular formula is C20H23N3O4. The molecule has 1 fully saturated rings. The molecule has 2 amide bonds. The first-order valence-electron chi connectivity index (χ1n) is 8.82. The van der Waals surface area contributed by atoms with Crippen molar-refractivity contribution in [2.24, 2.45) is 0 Å². The Labute approximate surface area is 158 Å². The zero-order valence-corrected chi connectivity index (χ0v) is 15.2. The first-order valence-corrected chi connectivity index (χ1v) is 8.82. The highest BCUT2D eigenvalue weighted by atomic mass is 16.5. The number of para-hydroxylation sites is 4. The Kier molecular flexibility index (Phi) is 6.27. The van der Waals surface area contributed by atoms with Crippen molar-refractivity contribution in [3.05, 3.63) is 48.5 Å². The zero-order chi connectivity index (χ0) is 19.1. The van der Waals surface area contributed by atoms with Gasteiger partial charge in [0.05, 0.1) is 37.4 Å². The molecule has 7 nitrogen and oxygen atoms in total. The molecule has 2 aromatic rings. The number of carbonyl (C=O) groups is 2. The van der Waals surface area contributed by atoms with Gasteiger partial charge in [-0.1, -0.05) is 24.3 Å². The summed E-state index contributed by atoms with van der Waals surface area (Å²) in [5.74, 6) is -0.229. The van der Waals surface area contributed by atoms with Gasteiger partial charge in [-0.25, -0.2) is 0 Å². The summed E-state index contributed by atoms with van der Waals surface area (Å²) in [6, 6.07) is 14.6. The maximum absolute atomic E-state index is 12.4. The molecule has 2 aromatic carbocycles. The van der Waals surface area contributed by atoms with E-state index >= 15 is 0 Å². The van der Waals surface area contributed by atoms with Gasteiger partial charge in [0, 0.05) is 13.1 Å². The van der Waals surface area contributed by atoms with E-state index in [1.54, 1.807) is 18.2 Å². The summed E-state index contributed by atoms with van der Waals surface area (Å²) in [4.78, 5) is 26.7. The molecule has 1 heterocycles. The summed E-state index contributed by atoms with van der Waals surface area (Å²) in [5, 5.41) is 5.54. The van der Waals surface area contributed by atoms with Crippen LogP contribution in [0.25, 0.3) is 0 Å². The second kappa shape index (κ2) is 9.05. The molecule has 1 aliphatic heterocycles. The van der Waals surface area contributed by atoms with Gasteiger partial charge in [0.15, 0.2) is 0 Å². The van der Waals surface area contributed by atoms with Gasteiger partial charge in [-0.2, -0.15) is 0 Å². The van der Waals surface area contributed by atoms with Crippen molar-refractivity contribution in [1.29, 1.82) is 0 Å². The molecule has 27 heavy (non-hydrogen) atoms. The molecule has 0 aromatic heterocycles. The van der Waals surface area contributed by atoms with E-state index < -0.39 is 5.91 Å². The van der Waals surface area contributed by atoms with Crippen LogP contribution in [0.1, 0.15) is 6.42 Å². The van der Waals surface area contributed by atoms with Crippen molar-refractivity contribution in [3.63, 3.8) is 0 Å². The highest BCUT2D eigenvalue weighted by Gasteiger charge is 2.17. The van der Waals surface area contributed by atoms with Crippen molar-refractivity contribution in [3.8, 4) is 5.75 Å². The second-order valence-corrected chi connectivity index (χ2v) is 6.09.